The molecule has 8 aromatic carbocycles. The Bertz CT molecular complexity index is 3890. The van der Waals surface area contributed by atoms with Crippen LogP contribution in [-0.2, 0) is 16.2 Å². The number of fused-ring (bicyclic) bond motifs is 4. The summed E-state index contributed by atoms with van der Waals surface area (Å²) in [6, 6.07) is 55.3. The quantitative estimate of drug-likeness (QED) is 0.152. The van der Waals surface area contributed by atoms with Gasteiger partial charge in [0.15, 0.2) is 0 Å². The SMILES string of the molecule is [2H]c1c([2H])c([2H])c(-c2cc(C(C)(C)C)cc(-c3cccc(C(C)(C)C)c3)c2N2CN(c3cccc(Oc4ccc5c6cc(-c7ccccc7)ccc6n(-c6cc(C(C)(C)C)ccn6)c5c4)c3)c3ccccc32)c([2H])c1[2H]. The summed E-state index contributed by atoms with van der Waals surface area (Å²) in [6.45, 7) is 20.1. The van der Waals surface area contributed by atoms with Crippen molar-refractivity contribution >= 4 is 44.6 Å². The Morgan fingerprint density at radius 1 is 0.465 bits per heavy atom. The predicted octanol–water partition coefficient (Wildman–Crippen LogP) is 18.1. The zero-order valence-corrected chi connectivity index (χ0v) is 42.1. The van der Waals surface area contributed by atoms with Crippen LogP contribution < -0.4 is 14.5 Å². The fourth-order valence-corrected chi connectivity index (χ4v) is 9.91. The number of anilines is 4. The number of benzene rings is 8. The molecule has 10 aromatic rings. The molecule has 352 valence electrons. The monoisotopic (exact) mass is 932 g/mol. The van der Waals surface area contributed by atoms with E-state index in [1.165, 1.54) is 5.56 Å². The van der Waals surface area contributed by atoms with Gasteiger partial charge in [-0.25, -0.2) is 4.98 Å². The Balaban J connectivity index is 1.04. The topological polar surface area (TPSA) is 33.5 Å². The summed E-state index contributed by atoms with van der Waals surface area (Å²) in [5, 5.41) is 2.21. The van der Waals surface area contributed by atoms with E-state index in [1.807, 2.05) is 48.7 Å². The van der Waals surface area contributed by atoms with Crippen molar-refractivity contribution in [2.24, 2.45) is 0 Å². The van der Waals surface area contributed by atoms with Gasteiger partial charge in [-0.15, -0.1) is 0 Å². The summed E-state index contributed by atoms with van der Waals surface area (Å²) in [5.41, 5.74) is 13.2. The number of hydrogen-bond acceptors (Lipinski definition) is 4. The molecule has 0 saturated carbocycles. The predicted molar refractivity (Wildman–Crippen MR) is 300 cm³/mol. The van der Waals surface area contributed by atoms with Gasteiger partial charge in [-0.1, -0.05) is 171 Å². The largest absolute Gasteiger partial charge is 0.457 e. The Morgan fingerprint density at radius 3 is 1.85 bits per heavy atom. The first-order chi connectivity index (χ1) is 36.2. The van der Waals surface area contributed by atoms with E-state index in [9.17, 15) is 2.74 Å². The fraction of sp³-hybridized carbons (Fsp3) is 0.197. The van der Waals surface area contributed by atoms with Crippen LogP contribution in [0.4, 0.5) is 22.7 Å². The number of nitrogens with zero attached hydrogens (tertiary/aromatic N) is 4. The van der Waals surface area contributed by atoms with Crippen molar-refractivity contribution in [2.75, 3.05) is 16.5 Å². The smallest absolute Gasteiger partial charge is 0.137 e. The Morgan fingerprint density at radius 2 is 1.11 bits per heavy atom. The molecule has 0 bridgehead atoms. The highest BCUT2D eigenvalue weighted by atomic mass is 16.5. The van der Waals surface area contributed by atoms with Gasteiger partial charge in [0.05, 0.1) is 34.9 Å². The summed E-state index contributed by atoms with van der Waals surface area (Å²) in [5.74, 6) is 2.17. The van der Waals surface area contributed by atoms with Crippen LogP contribution in [0.15, 0.2) is 200 Å². The molecule has 5 heteroatoms. The first-order valence-electron chi connectivity index (χ1n) is 27.0. The molecule has 0 radical (unpaired) electrons. The van der Waals surface area contributed by atoms with Gasteiger partial charge >= 0.3 is 0 Å². The molecule has 5 nitrogen and oxygen atoms in total. The van der Waals surface area contributed by atoms with Crippen molar-refractivity contribution in [1.29, 1.82) is 0 Å². The lowest BCUT2D eigenvalue weighted by atomic mass is 9.81. The van der Waals surface area contributed by atoms with Crippen LogP contribution in [-0.4, -0.2) is 16.2 Å². The van der Waals surface area contributed by atoms with Gasteiger partial charge in [-0.2, -0.15) is 0 Å². The van der Waals surface area contributed by atoms with E-state index in [0.29, 0.717) is 23.7 Å². The summed E-state index contributed by atoms with van der Waals surface area (Å²) in [7, 11) is 0. The van der Waals surface area contributed by atoms with Gasteiger partial charge in [-0.05, 0) is 128 Å². The summed E-state index contributed by atoms with van der Waals surface area (Å²) in [4.78, 5) is 9.44. The van der Waals surface area contributed by atoms with E-state index < -0.39 is 6.04 Å². The zero-order chi connectivity index (χ0) is 53.6. The number of ether oxygens (including phenoxy) is 1. The molecule has 0 fully saturated rings. The lowest BCUT2D eigenvalue weighted by Crippen LogP contribution is -2.25. The van der Waals surface area contributed by atoms with E-state index in [0.717, 1.165) is 83.8 Å². The third-order valence-corrected chi connectivity index (χ3v) is 13.9. The lowest BCUT2D eigenvalue weighted by molar-refractivity contribution is 0.483. The Hall–Kier alpha value is -7.89. The average molecular weight is 932 g/mol. The second-order valence-corrected chi connectivity index (χ2v) is 21.9. The summed E-state index contributed by atoms with van der Waals surface area (Å²) >= 11 is 0. The molecular weight excluding hydrogens is 865 g/mol. The van der Waals surface area contributed by atoms with Gasteiger partial charge in [0.1, 0.15) is 24.0 Å². The van der Waals surface area contributed by atoms with Crippen LogP contribution in [0, 0.1) is 0 Å². The molecule has 0 aliphatic carbocycles. The maximum atomic E-state index is 9.37. The Kier molecular flexibility index (Phi) is 9.84. The number of pyridine rings is 1. The molecular formula is C66H62N4O. The lowest BCUT2D eigenvalue weighted by Gasteiger charge is -2.30. The molecule has 0 amide bonds. The fourth-order valence-electron chi connectivity index (χ4n) is 9.91. The van der Waals surface area contributed by atoms with Crippen molar-refractivity contribution in [2.45, 2.75) is 78.6 Å². The maximum absolute atomic E-state index is 9.37. The maximum Gasteiger partial charge on any atom is 0.137 e. The standard InChI is InChI=1S/C66H62N4O/c1-64(2,3)48-25-18-24-47(36-48)56-39-50(66(7,8)9)38-55(45-22-14-11-15-23-45)63(56)69-43-68(59-28-16-17-29-60(59)69)51-26-19-27-52(41-51)71-53-31-32-54-57-37-46(44-20-12-10-13-21-44)30-33-58(57)70(61(54)42-53)62-40-49(34-35-67-62)65(4,5)6/h10-42H,43H2,1-9H3/i11D,14D,15D,22D,23D. The van der Waals surface area contributed by atoms with Gasteiger partial charge in [-0.3, -0.25) is 4.57 Å². The van der Waals surface area contributed by atoms with E-state index in [2.05, 4.69) is 198 Å². The average Bonchev–Trinajstić information content (AvgIpc) is 3.95. The second-order valence-electron chi connectivity index (χ2n) is 21.9. The molecule has 1 aliphatic rings. The molecule has 0 saturated heterocycles. The molecule has 0 unspecified atom stereocenters. The molecule has 2 aromatic heterocycles. The molecule has 0 N–H and O–H groups in total. The van der Waals surface area contributed by atoms with E-state index in [-0.39, 0.29) is 46.0 Å². The van der Waals surface area contributed by atoms with E-state index in [4.69, 9.17) is 13.8 Å². The first-order valence-corrected chi connectivity index (χ1v) is 24.5. The number of hydrogen-bond donors (Lipinski definition) is 0. The van der Waals surface area contributed by atoms with Crippen molar-refractivity contribution in [1.82, 2.24) is 9.55 Å². The van der Waals surface area contributed by atoms with Crippen molar-refractivity contribution < 1.29 is 11.6 Å². The molecule has 0 atom stereocenters. The van der Waals surface area contributed by atoms with Crippen molar-refractivity contribution in [3.05, 3.63) is 217 Å². The summed E-state index contributed by atoms with van der Waals surface area (Å²) in [6.07, 6.45) is 1.90. The zero-order valence-electron chi connectivity index (χ0n) is 47.1. The highest BCUT2D eigenvalue weighted by Crippen LogP contribution is 2.52. The molecule has 71 heavy (non-hydrogen) atoms. The van der Waals surface area contributed by atoms with E-state index in [1.54, 1.807) is 0 Å². The minimum atomic E-state index is -0.423. The third kappa shape index (κ3) is 8.65. The van der Waals surface area contributed by atoms with E-state index >= 15 is 0 Å². The molecule has 0 spiro atoms. The van der Waals surface area contributed by atoms with Crippen LogP contribution in [0.25, 0.3) is 61.0 Å². The van der Waals surface area contributed by atoms with Crippen LogP contribution in [0.3, 0.4) is 0 Å². The molecule has 1 aliphatic heterocycles. The van der Waals surface area contributed by atoms with Crippen molar-refractivity contribution in [3.8, 4) is 50.7 Å². The van der Waals surface area contributed by atoms with Crippen LogP contribution >= 0.6 is 0 Å². The number of para-hydroxylation sites is 2. The molecule has 11 rings (SSSR count). The minimum absolute atomic E-state index is 0.0764. The van der Waals surface area contributed by atoms with Crippen LogP contribution in [0.5, 0.6) is 11.5 Å². The highest BCUT2D eigenvalue weighted by Gasteiger charge is 2.33. The highest BCUT2D eigenvalue weighted by molar-refractivity contribution is 6.11. The molecule has 3 heterocycles. The normalized spacial score (nSPS) is 14.0. The summed E-state index contributed by atoms with van der Waals surface area (Å²) < 4.78 is 54.1. The third-order valence-electron chi connectivity index (χ3n) is 13.9. The van der Waals surface area contributed by atoms with Gasteiger partial charge in [0.25, 0.3) is 0 Å². The first kappa shape index (κ1) is 39.9. The minimum Gasteiger partial charge on any atom is -0.457 e. The van der Waals surface area contributed by atoms with Gasteiger partial charge < -0.3 is 14.5 Å². The Labute approximate surface area is 426 Å². The number of aromatic nitrogens is 2. The van der Waals surface area contributed by atoms with Crippen LogP contribution in [0.2, 0.25) is 0 Å². The number of rotatable bonds is 8. The van der Waals surface area contributed by atoms with Gasteiger partial charge in [0, 0.05) is 45.9 Å². The second kappa shape index (κ2) is 17.5. The van der Waals surface area contributed by atoms with Gasteiger partial charge in [0.2, 0.25) is 0 Å². The van der Waals surface area contributed by atoms with Crippen LogP contribution in [0.1, 0.15) is 85.9 Å². The van der Waals surface area contributed by atoms with Crippen molar-refractivity contribution in [3.63, 3.8) is 0 Å².